The first kappa shape index (κ1) is 15.3. The predicted octanol–water partition coefficient (Wildman–Crippen LogP) is 3.44. The van der Waals surface area contributed by atoms with Crippen LogP contribution < -0.4 is 0 Å². The molecule has 22 heavy (non-hydrogen) atoms. The van der Waals surface area contributed by atoms with Crippen LogP contribution in [0.3, 0.4) is 0 Å². The normalized spacial score (nSPS) is 12.9. The Bertz CT molecular complexity index is 740. The van der Waals surface area contributed by atoms with Gasteiger partial charge < -0.3 is 10.2 Å². The molecule has 0 fully saturated rings. The molecule has 0 amide bonds. The zero-order valence-electron chi connectivity index (χ0n) is 12.0. The molecule has 0 heterocycles. The summed E-state index contributed by atoms with van der Waals surface area (Å²) in [6.45, 7) is 1.49. The number of benzene rings is 2. The highest BCUT2D eigenvalue weighted by Gasteiger charge is 2.22. The van der Waals surface area contributed by atoms with Crippen LogP contribution in [-0.4, -0.2) is 16.2 Å². The number of hydrogen-bond acceptors (Lipinski definition) is 3. The molecule has 1 atom stereocenters. The number of aliphatic carboxylic acids is 1. The van der Waals surface area contributed by atoms with Gasteiger partial charge in [0, 0.05) is 5.57 Å². The summed E-state index contributed by atoms with van der Waals surface area (Å²) >= 11 is 0. The number of carboxylic acid groups (broad SMARTS) is 1. The smallest absolute Gasteiger partial charge is 0.311 e. The van der Waals surface area contributed by atoms with Crippen LogP contribution in [0.25, 0.3) is 5.57 Å². The standard InChI is InChI=1S/C18H15NO3/c1-12(18(21)22)16(11-19)17(13-5-3-2-4-6-13)14-7-9-15(20)10-8-14/h2-10,12,20H,1H3,(H,21,22)/b17-16+. The maximum Gasteiger partial charge on any atom is 0.311 e. The minimum absolute atomic E-state index is 0.112. The van der Waals surface area contributed by atoms with Crippen molar-refractivity contribution in [3.63, 3.8) is 0 Å². The van der Waals surface area contributed by atoms with Gasteiger partial charge in [-0.2, -0.15) is 5.26 Å². The van der Waals surface area contributed by atoms with E-state index < -0.39 is 11.9 Å². The maximum absolute atomic E-state index is 11.3. The predicted molar refractivity (Wildman–Crippen MR) is 83.0 cm³/mol. The first-order valence-electron chi connectivity index (χ1n) is 6.76. The van der Waals surface area contributed by atoms with Crippen LogP contribution in [0.15, 0.2) is 60.2 Å². The monoisotopic (exact) mass is 293 g/mol. The molecule has 0 aromatic heterocycles. The minimum atomic E-state index is -1.05. The van der Waals surface area contributed by atoms with Crippen molar-refractivity contribution in [1.82, 2.24) is 0 Å². The molecule has 0 aliphatic heterocycles. The molecule has 2 rings (SSSR count). The summed E-state index contributed by atoms with van der Waals surface area (Å²) in [5.74, 6) is -1.86. The third kappa shape index (κ3) is 3.15. The molecule has 0 aliphatic carbocycles. The van der Waals surface area contributed by atoms with Gasteiger partial charge in [0.25, 0.3) is 0 Å². The van der Waals surface area contributed by atoms with Crippen molar-refractivity contribution < 1.29 is 15.0 Å². The highest BCUT2D eigenvalue weighted by atomic mass is 16.4. The van der Waals surface area contributed by atoms with Crippen molar-refractivity contribution in [1.29, 1.82) is 5.26 Å². The van der Waals surface area contributed by atoms with Crippen LogP contribution in [0, 0.1) is 17.2 Å². The summed E-state index contributed by atoms with van der Waals surface area (Å²) in [5, 5.41) is 28.1. The van der Waals surface area contributed by atoms with E-state index in [9.17, 15) is 20.3 Å². The van der Waals surface area contributed by atoms with E-state index in [1.54, 1.807) is 12.1 Å². The Balaban J connectivity index is 2.72. The Kier molecular flexibility index (Phi) is 4.60. The number of nitrogens with zero attached hydrogens (tertiary/aromatic N) is 1. The molecule has 2 aromatic rings. The Morgan fingerprint density at radius 1 is 1.05 bits per heavy atom. The Morgan fingerprint density at radius 3 is 2.09 bits per heavy atom. The quantitative estimate of drug-likeness (QED) is 0.846. The van der Waals surface area contributed by atoms with Crippen LogP contribution in [0.5, 0.6) is 5.75 Å². The fourth-order valence-corrected chi connectivity index (χ4v) is 2.20. The van der Waals surface area contributed by atoms with E-state index in [0.29, 0.717) is 11.1 Å². The van der Waals surface area contributed by atoms with Crippen molar-refractivity contribution in [2.75, 3.05) is 0 Å². The molecule has 2 aromatic carbocycles. The molecule has 4 heteroatoms. The molecule has 1 unspecified atom stereocenters. The molecule has 0 saturated heterocycles. The van der Waals surface area contributed by atoms with Crippen molar-refractivity contribution in [3.05, 3.63) is 71.3 Å². The van der Waals surface area contributed by atoms with Crippen LogP contribution >= 0.6 is 0 Å². The number of aromatic hydroxyl groups is 1. The fourth-order valence-electron chi connectivity index (χ4n) is 2.20. The van der Waals surface area contributed by atoms with Gasteiger partial charge in [0.05, 0.1) is 17.6 Å². The summed E-state index contributed by atoms with van der Waals surface area (Å²) in [5.41, 5.74) is 2.20. The molecule has 0 saturated carbocycles. The van der Waals surface area contributed by atoms with E-state index in [2.05, 4.69) is 0 Å². The second-order valence-corrected chi connectivity index (χ2v) is 4.87. The van der Waals surface area contributed by atoms with Crippen molar-refractivity contribution in [2.24, 2.45) is 5.92 Å². The third-order valence-electron chi connectivity index (χ3n) is 3.41. The third-order valence-corrected chi connectivity index (χ3v) is 3.41. The number of phenolic OH excluding ortho intramolecular Hbond substituents is 1. The Labute approximate surface area is 128 Å². The lowest BCUT2D eigenvalue weighted by atomic mass is 9.88. The number of phenols is 1. The number of nitriles is 1. The average Bonchev–Trinajstić information content (AvgIpc) is 2.54. The van der Waals surface area contributed by atoms with Crippen LogP contribution in [0.1, 0.15) is 18.1 Å². The van der Waals surface area contributed by atoms with Gasteiger partial charge in [-0.1, -0.05) is 42.5 Å². The molecule has 110 valence electrons. The SMILES string of the molecule is CC(C(=O)O)/C(C#N)=C(\c1ccccc1)c1ccc(O)cc1. The number of rotatable bonds is 4. The summed E-state index contributed by atoms with van der Waals surface area (Å²) in [6.07, 6.45) is 0. The maximum atomic E-state index is 11.3. The molecule has 0 spiro atoms. The summed E-state index contributed by atoms with van der Waals surface area (Å²) < 4.78 is 0. The van der Waals surface area contributed by atoms with Gasteiger partial charge in [0.1, 0.15) is 5.75 Å². The van der Waals surface area contributed by atoms with E-state index in [4.69, 9.17) is 0 Å². The van der Waals surface area contributed by atoms with E-state index in [1.165, 1.54) is 19.1 Å². The summed E-state index contributed by atoms with van der Waals surface area (Å²) in [7, 11) is 0. The highest BCUT2D eigenvalue weighted by Crippen LogP contribution is 2.31. The van der Waals surface area contributed by atoms with Gasteiger partial charge >= 0.3 is 5.97 Å². The second kappa shape index (κ2) is 6.59. The molecule has 0 radical (unpaired) electrons. The molecule has 0 bridgehead atoms. The minimum Gasteiger partial charge on any atom is -0.508 e. The van der Waals surface area contributed by atoms with Gasteiger partial charge in [0.15, 0.2) is 0 Å². The van der Waals surface area contributed by atoms with Gasteiger partial charge in [-0.3, -0.25) is 4.79 Å². The lowest BCUT2D eigenvalue weighted by Gasteiger charge is -2.14. The first-order chi connectivity index (χ1) is 10.5. The lowest BCUT2D eigenvalue weighted by molar-refractivity contribution is -0.139. The zero-order valence-corrected chi connectivity index (χ0v) is 12.0. The van der Waals surface area contributed by atoms with Crippen LogP contribution in [0.4, 0.5) is 0 Å². The lowest BCUT2D eigenvalue weighted by Crippen LogP contribution is -2.13. The second-order valence-electron chi connectivity index (χ2n) is 4.87. The summed E-state index contributed by atoms with van der Waals surface area (Å²) in [6, 6.07) is 17.6. The molecular weight excluding hydrogens is 278 g/mol. The average molecular weight is 293 g/mol. The number of carboxylic acids is 1. The Morgan fingerprint density at radius 2 is 1.59 bits per heavy atom. The van der Waals surface area contributed by atoms with Crippen molar-refractivity contribution in [3.8, 4) is 11.8 Å². The molecular formula is C18H15NO3. The van der Waals surface area contributed by atoms with E-state index in [1.807, 2.05) is 36.4 Å². The highest BCUT2D eigenvalue weighted by molar-refractivity contribution is 5.89. The Hall–Kier alpha value is -3.06. The van der Waals surface area contributed by atoms with E-state index in [-0.39, 0.29) is 11.3 Å². The zero-order chi connectivity index (χ0) is 16.1. The summed E-state index contributed by atoms with van der Waals surface area (Å²) in [4.78, 5) is 11.3. The van der Waals surface area contributed by atoms with Gasteiger partial charge in [-0.25, -0.2) is 0 Å². The van der Waals surface area contributed by atoms with Gasteiger partial charge in [0.2, 0.25) is 0 Å². The molecule has 2 N–H and O–H groups in total. The number of hydrogen-bond donors (Lipinski definition) is 2. The number of carbonyl (C=O) groups is 1. The topological polar surface area (TPSA) is 81.3 Å². The fraction of sp³-hybridized carbons (Fsp3) is 0.111. The molecule has 4 nitrogen and oxygen atoms in total. The van der Waals surface area contributed by atoms with Gasteiger partial charge in [-0.15, -0.1) is 0 Å². The van der Waals surface area contributed by atoms with Crippen molar-refractivity contribution in [2.45, 2.75) is 6.92 Å². The first-order valence-corrected chi connectivity index (χ1v) is 6.76. The van der Waals surface area contributed by atoms with E-state index >= 15 is 0 Å². The van der Waals surface area contributed by atoms with Crippen LogP contribution in [0.2, 0.25) is 0 Å². The van der Waals surface area contributed by atoms with Crippen LogP contribution in [-0.2, 0) is 4.79 Å². The molecule has 0 aliphatic rings. The largest absolute Gasteiger partial charge is 0.508 e. The van der Waals surface area contributed by atoms with Gasteiger partial charge in [-0.05, 0) is 30.2 Å². The van der Waals surface area contributed by atoms with Crippen molar-refractivity contribution >= 4 is 11.5 Å². The van der Waals surface area contributed by atoms with E-state index in [0.717, 1.165) is 5.56 Å².